The van der Waals surface area contributed by atoms with Crippen LogP contribution in [0.25, 0.3) is 0 Å². The molecular weight excluding hydrogens is 270 g/mol. The molecule has 0 radical (unpaired) electrons. The van der Waals surface area contributed by atoms with Crippen LogP contribution in [-0.4, -0.2) is 61.6 Å². The van der Waals surface area contributed by atoms with Gasteiger partial charge in [-0.2, -0.15) is 0 Å². The first-order valence-electron chi connectivity index (χ1n) is 7.88. The number of methoxy groups -OCH3 is 1. The minimum atomic E-state index is -0.398. The highest BCUT2D eigenvalue weighted by Crippen LogP contribution is 2.23. The van der Waals surface area contributed by atoms with Gasteiger partial charge in [-0.05, 0) is 45.6 Å². The lowest BCUT2D eigenvalue weighted by atomic mass is 9.88. The third kappa shape index (κ3) is 4.17. The first kappa shape index (κ1) is 16.2. The van der Waals surface area contributed by atoms with Gasteiger partial charge in [-0.15, -0.1) is 0 Å². The molecule has 2 N–H and O–H groups in total. The maximum atomic E-state index is 12.7. The van der Waals surface area contributed by atoms with Crippen LogP contribution in [0.1, 0.15) is 39.0 Å². The summed E-state index contributed by atoms with van der Waals surface area (Å²) in [4.78, 5) is 26.1. The summed E-state index contributed by atoms with van der Waals surface area (Å²) in [6, 6.07) is 0.156. The van der Waals surface area contributed by atoms with Gasteiger partial charge in [0.1, 0.15) is 6.61 Å². The van der Waals surface area contributed by atoms with Crippen molar-refractivity contribution < 1.29 is 14.3 Å². The van der Waals surface area contributed by atoms with Gasteiger partial charge in [0, 0.05) is 26.2 Å². The molecule has 0 aromatic rings. The summed E-state index contributed by atoms with van der Waals surface area (Å²) in [6.45, 7) is 4.47. The van der Waals surface area contributed by atoms with Crippen LogP contribution in [0.2, 0.25) is 0 Å². The summed E-state index contributed by atoms with van der Waals surface area (Å²) in [5, 5.41) is 6.33. The largest absolute Gasteiger partial charge is 0.375 e. The summed E-state index contributed by atoms with van der Waals surface area (Å²) in [7, 11) is 1.51. The van der Waals surface area contributed by atoms with Crippen molar-refractivity contribution in [2.24, 2.45) is 0 Å². The fourth-order valence-corrected chi connectivity index (χ4v) is 3.22. The van der Waals surface area contributed by atoms with Gasteiger partial charge >= 0.3 is 0 Å². The third-order valence-corrected chi connectivity index (χ3v) is 4.51. The van der Waals surface area contributed by atoms with Crippen molar-refractivity contribution in [3.05, 3.63) is 0 Å². The monoisotopic (exact) mass is 297 g/mol. The van der Waals surface area contributed by atoms with Gasteiger partial charge in [-0.3, -0.25) is 9.59 Å². The zero-order chi connectivity index (χ0) is 15.3. The Morgan fingerprint density at radius 1 is 1.33 bits per heavy atom. The number of carbonyl (C=O) groups excluding carboxylic acids is 2. The van der Waals surface area contributed by atoms with Gasteiger partial charge in [0.25, 0.3) is 0 Å². The molecule has 120 valence electrons. The Morgan fingerprint density at radius 3 is 2.62 bits per heavy atom. The Bertz CT molecular complexity index is 372. The standard InChI is InChI=1S/C15H27N3O3/c1-15(7-3-4-8-16-15)14(20)18-9-5-12(6-10-18)17-13(19)11-21-2/h12,16H,3-11H2,1-2H3,(H,17,19). The van der Waals surface area contributed by atoms with Gasteiger partial charge in [0.2, 0.25) is 11.8 Å². The second-order valence-electron chi connectivity index (χ2n) is 6.28. The molecule has 2 aliphatic rings. The molecule has 0 saturated carbocycles. The van der Waals surface area contributed by atoms with E-state index in [0.717, 1.165) is 38.6 Å². The first-order chi connectivity index (χ1) is 10.0. The first-order valence-corrected chi connectivity index (χ1v) is 7.88. The summed E-state index contributed by atoms with van der Waals surface area (Å²) < 4.78 is 4.81. The number of nitrogens with one attached hydrogen (secondary N) is 2. The summed E-state index contributed by atoms with van der Waals surface area (Å²) in [5.41, 5.74) is -0.398. The molecule has 6 heteroatoms. The zero-order valence-corrected chi connectivity index (χ0v) is 13.1. The average Bonchev–Trinajstić information content (AvgIpc) is 2.48. The van der Waals surface area contributed by atoms with Gasteiger partial charge < -0.3 is 20.3 Å². The molecule has 2 aliphatic heterocycles. The van der Waals surface area contributed by atoms with Crippen molar-refractivity contribution in [3.63, 3.8) is 0 Å². The van der Waals surface area contributed by atoms with E-state index < -0.39 is 5.54 Å². The minimum absolute atomic E-state index is 0.0804. The molecule has 2 amide bonds. The van der Waals surface area contributed by atoms with Gasteiger partial charge in [-0.25, -0.2) is 0 Å². The fourth-order valence-electron chi connectivity index (χ4n) is 3.22. The van der Waals surface area contributed by atoms with E-state index >= 15 is 0 Å². The minimum Gasteiger partial charge on any atom is -0.375 e. The molecule has 2 rings (SSSR count). The number of likely N-dealkylation sites (tertiary alicyclic amines) is 1. The van der Waals surface area contributed by atoms with Crippen LogP contribution in [0.5, 0.6) is 0 Å². The second kappa shape index (κ2) is 7.22. The molecule has 1 atom stereocenters. The van der Waals surface area contributed by atoms with E-state index in [-0.39, 0.29) is 24.5 Å². The van der Waals surface area contributed by atoms with E-state index in [9.17, 15) is 9.59 Å². The van der Waals surface area contributed by atoms with Crippen molar-refractivity contribution >= 4 is 11.8 Å². The van der Waals surface area contributed by atoms with Crippen molar-refractivity contribution in [1.29, 1.82) is 0 Å². The number of rotatable bonds is 4. The van der Waals surface area contributed by atoms with Gasteiger partial charge in [0.05, 0.1) is 5.54 Å². The van der Waals surface area contributed by atoms with Crippen molar-refractivity contribution in [1.82, 2.24) is 15.5 Å². The van der Waals surface area contributed by atoms with Crippen molar-refractivity contribution in [2.75, 3.05) is 33.4 Å². The van der Waals surface area contributed by atoms with Crippen LogP contribution in [0.3, 0.4) is 0 Å². The molecule has 0 aromatic carbocycles. The van der Waals surface area contributed by atoms with E-state index in [1.807, 2.05) is 11.8 Å². The van der Waals surface area contributed by atoms with Crippen LogP contribution < -0.4 is 10.6 Å². The summed E-state index contributed by atoms with van der Waals surface area (Å²) in [6.07, 6.45) is 4.81. The summed E-state index contributed by atoms with van der Waals surface area (Å²) >= 11 is 0. The van der Waals surface area contributed by atoms with E-state index in [0.29, 0.717) is 13.1 Å². The number of amides is 2. The normalized spacial score (nSPS) is 27.4. The molecule has 2 saturated heterocycles. The van der Waals surface area contributed by atoms with E-state index in [4.69, 9.17) is 4.74 Å². The van der Waals surface area contributed by atoms with Crippen molar-refractivity contribution in [3.8, 4) is 0 Å². The van der Waals surface area contributed by atoms with Gasteiger partial charge in [-0.1, -0.05) is 0 Å². The molecule has 0 spiro atoms. The third-order valence-electron chi connectivity index (χ3n) is 4.51. The average molecular weight is 297 g/mol. The molecular formula is C15H27N3O3. The number of carbonyl (C=O) groups is 2. The molecule has 0 aliphatic carbocycles. The summed E-state index contributed by atoms with van der Waals surface area (Å²) in [5.74, 6) is 0.132. The molecule has 2 heterocycles. The predicted octanol–water partition coefficient (Wildman–Crippen LogP) is 0.272. The highest BCUT2D eigenvalue weighted by atomic mass is 16.5. The lowest BCUT2D eigenvalue weighted by Gasteiger charge is -2.40. The maximum absolute atomic E-state index is 12.7. The molecule has 0 aromatic heterocycles. The lowest BCUT2D eigenvalue weighted by Crippen LogP contribution is -2.60. The Balaban J connectivity index is 1.80. The molecule has 0 bridgehead atoms. The molecule has 2 fully saturated rings. The number of hydrogen-bond donors (Lipinski definition) is 2. The predicted molar refractivity (Wildman–Crippen MR) is 79.9 cm³/mol. The number of piperidine rings is 2. The Morgan fingerprint density at radius 2 is 2.05 bits per heavy atom. The molecule has 6 nitrogen and oxygen atoms in total. The van der Waals surface area contributed by atoms with E-state index in [1.54, 1.807) is 0 Å². The van der Waals surface area contributed by atoms with Crippen LogP contribution in [0, 0.1) is 0 Å². The fraction of sp³-hybridized carbons (Fsp3) is 0.867. The molecule has 1 unspecified atom stereocenters. The van der Waals surface area contributed by atoms with Crippen LogP contribution >= 0.6 is 0 Å². The highest BCUT2D eigenvalue weighted by molar-refractivity contribution is 5.86. The Labute approximate surface area is 126 Å². The Kier molecular flexibility index (Phi) is 5.58. The topological polar surface area (TPSA) is 70.7 Å². The van der Waals surface area contributed by atoms with Crippen molar-refractivity contribution in [2.45, 2.75) is 50.6 Å². The smallest absolute Gasteiger partial charge is 0.246 e. The van der Waals surface area contributed by atoms with E-state index in [2.05, 4.69) is 10.6 Å². The van der Waals surface area contributed by atoms with E-state index in [1.165, 1.54) is 7.11 Å². The van der Waals surface area contributed by atoms with Crippen LogP contribution in [0.15, 0.2) is 0 Å². The number of hydrogen-bond acceptors (Lipinski definition) is 4. The highest BCUT2D eigenvalue weighted by Gasteiger charge is 2.38. The maximum Gasteiger partial charge on any atom is 0.246 e. The molecule has 21 heavy (non-hydrogen) atoms. The Hall–Kier alpha value is -1.14. The SMILES string of the molecule is COCC(=O)NC1CCN(C(=O)C2(C)CCCCN2)CC1. The van der Waals surface area contributed by atoms with Crippen LogP contribution in [0.4, 0.5) is 0 Å². The quantitative estimate of drug-likeness (QED) is 0.781. The van der Waals surface area contributed by atoms with Crippen LogP contribution in [-0.2, 0) is 14.3 Å². The number of nitrogens with zero attached hydrogens (tertiary/aromatic N) is 1. The second-order valence-corrected chi connectivity index (χ2v) is 6.28. The zero-order valence-electron chi connectivity index (χ0n) is 13.1. The number of ether oxygens (including phenoxy) is 1. The lowest BCUT2D eigenvalue weighted by molar-refractivity contribution is -0.140. The van der Waals surface area contributed by atoms with Gasteiger partial charge in [0.15, 0.2) is 0 Å².